The topological polar surface area (TPSA) is 78.1 Å². The minimum atomic E-state index is 1.24. The molecule has 0 aromatic rings. The summed E-state index contributed by atoms with van der Waals surface area (Å²) >= 11 is 0. The fourth-order valence-corrected chi connectivity index (χ4v) is 1.34. The van der Waals surface area contributed by atoms with Crippen molar-refractivity contribution in [3.63, 3.8) is 0 Å². The van der Waals surface area contributed by atoms with Gasteiger partial charge in [-0.1, -0.05) is 37.1 Å². The predicted octanol–water partition coefficient (Wildman–Crippen LogP) is 2.73. The second kappa shape index (κ2) is 18.5. The Labute approximate surface area is 114 Å². The molecule has 1 aliphatic rings. The third-order valence-electron chi connectivity index (χ3n) is 2.21. The van der Waals surface area contributed by atoms with Gasteiger partial charge in [0.2, 0.25) is 0 Å². The fraction of sp³-hybridized carbons (Fsp3) is 0.600. The molecule has 0 amide bonds. The summed E-state index contributed by atoms with van der Waals surface area (Å²) in [6.45, 7) is 6.57. The Morgan fingerprint density at radius 2 is 1.44 bits per heavy atom. The van der Waals surface area contributed by atoms with E-state index >= 15 is 0 Å². The van der Waals surface area contributed by atoms with Gasteiger partial charge in [0.25, 0.3) is 0 Å². The summed E-state index contributed by atoms with van der Waals surface area (Å²) in [6, 6.07) is 0. The molecule has 0 spiro atoms. The van der Waals surface area contributed by atoms with Gasteiger partial charge < -0.3 is 17.2 Å². The van der Waals surface area contributed by atoms with Gasteiger partial charge in [0, 0.05) is 0 Å². The molecule has 108 valence electrons. The van der Waals surface area contributed by atoms with Gasteiger partial charge in [-0.3, -0.25) is 0 Å². The molecule has 0 aliphatic heterocycles. The van der Waals surface area contributed by atoms with Crippen molar-refractivity contribution in [1.82, 2.24) is 0 Å². The van der Waals surface area contributed by atoms with Gasteiger partial charge in [-0.2, -0.15) is 0 Å². The smallest absolute Gasteiger partial charge is 0.0195 e. The number of rotatable bonds is 3. The minimum absolute atomic E-state index is 1.24. The summed E-state index contributed by atoms with van der Waals surface area (Å²) in [5.41, 5.74) is 17.8. The molecule has 3 heteroatoms. The molecule has 0 saturated heterocycles. The van der Waals surface area contributed by atoms with Gasteiger partial charge in [-0.05, 0) is 59.0 Å². The number of nitrogens with two attached hydrogens (primary N) is 3. The largest absolute Gasteiger partial charge is 0.333 e. The van der Waals surface area contributed by atoms with E-state index in [2.05, 4.69) is 56.2 Å². The molecule has 0 unspecified atom stereocenters. The lowest BCUT2D eigenvalue weighted by molar-refractivity contribution is 0.799. The van der Waals surface area contributed by atoms with Gasteiger partial charge in [0.15, 0.2) is 0 Å². The third-order valence-corrected chi connectivity index (χ3v) is 2.21. The maximum Gasteiger partial charge on any atom is -0.0195 e. The highest BCUT2D eigenvalue weighted by Crippen LogP contribution is 2.21. The van der Waals surface area contributed by atoms with Crippen LogP contribution in [0.25, 0.3) is 0 Å². The van der Waals surface area contributed by atoms with Gasteiger partial charge >= 0.3 is 0 Å². The minimum Gasteiger partial charge on any atom is -0.333 e. The maximum absolute atomic E-state index is 4.50. The third kappa shape index (κ3) is 11.6. The van der Waals surface area contributed by atoms with Crippen molar-refractivity contribution in [1.29, 1.82) is 0 Å². The van der Waals surface area contributed by atoms with E-state index in [4.69, 9.17) is 0 Å². The molecule has 0 radical (unpaired) electrons. The Balaban J connectivity index is -0.000000328. The number of hydrogen-bond donors (Lipinski definition) is 3. The number of unbranched alkanes of at least 4 members (excludes halogenated alkanes) is 1. The molecular formula is C15H33N3. The van der Waals surface area contributed by atoms with E-state index in [1.807, 2.05) is 0 Å². The first kappa shape index (κ1) is 22.3. The van der Waals surface area contributed by atoms with Crippen molar-refractivity contribution >= 4 is 0 Å². The zero-order valence-electron chi connectivity index (χ0n) is 13.1. The summed E-state index contributed by atoms with van der Waals surface area (Å²) in [7, 11) is 4.50. The van der Waals surface area contributed by atoms with Crippen LogP contribution in [0.3, 0.4) is 0 Å². The predicted molar refractivity (Wildman–Crippen MR) is 85.5 cm³/mol. The van der Waals surface area contributed by atoms with Crippen LogP contribution in [-0.2, 0) is 0 Å². The molecule has 0 saturated carbocycles. The lowest BCUT2D eigenvalue weighted by Crippen LogP contribution is -1.76. The van der Waals surface area contributed by atoms with E-state index in [1.54, 1.807) is 0 Å². The fourth-order valence-electron chi connectivity index (χ4n) is 1.34. The number of allylic oxidation sites excluding steroid dienone is 6. The average Bonchev–Trinajstić information content (AvgIpc) is 2.92. The van der Waals surface area contributed by atoms with Crippen LogP contribution >= 0.6 is 0 Å². The Morgan fingerprint density at radius 3 is 1.78 bits per heavy atom. The zero-order chi connectivity index (χ0) is 15.0. The van der Waals surface area contributed by atoms with Crippen molar-refractivity contribution < 1.29 is 0 Å². The average molecular weight is 255 g/mol. The van der Waals surface area contributed by atoms with Crippen molar-refractivity contribution in [3.05, 3.63) is 34.9 Å². The molecule has 0 bridgehead atoms. The Bertz CT molecular complexity index is 246. The Morgan fingerprint density at radius 1 is 0.944 bits per heavy atom. The summed E-state index contributed by atoms with van der Waals surface area (Å²) in [6.07, 6.45) is 10.6. The highest BCUT2D eigenvalue weighted by Gasteiger charge is 2.02. The molecule has 1 rings (SSSR count). The van der Waals surface area contributed by atoms with Crippen molar-refractivity contribution in [2.45, 2.75) is 40.0 Å². The molecule has 1 aliphatic carbocycles. The van der Waals surface area contributed by atoms with Crippen molar-refractivity contribution in [3.8, 4) is 0 Å². The van der Waals surface area contributed by atoms with Crippen LogP contribution in [0.5, 0.6) is 0 Å². The molecule has 0 heterocycles. The summed E-state index contributed by atoms with van der Waals surface area (Å²) in [4.78, 5) is 0. The summed E-state index contributed by atoms with van der Waals surface area (Å²) < 4.78 is 0. The Kier molecular flexibility index (Phi) is 22.9. The normalized spacial score (nSPS) is 11.2. The highest BCUT2D eigenvalue weighted by atomic mass is 14.4. The van der Waals surface area contributed by atoms with E-state index in [0.717, 1.165) is 0 Å². The van der Waals surface area contributed by atoms with E-state index in [1.165, 1.54) is 57.1 Å². The Hall–Kier alpha value is -0.900. The molecular weight excluding hydrogens is 222 g/mol. The standard InChI is InChI=1S/C12H18.3CH5N/c1-4-5-6-11-7-8-12(9-11)10(2)3;3*1-2/h7-9H,4-6H2,1-3H3;3*2H2,1H3. The van der Waals surface area contributed by atoms with E-state index in [9.17, 15) is 0 Å². The number of hydrogen-bond acceptors (Lipinski definition) is 3. The van der Waals surface area contributed by atoms with Crippen LogP contribution in [0.2, 0.25) is 0 Å². The lowest BCUT2D eigenvalue weighted by Gasteiger charge is -1.95. The molecule has 0 aromatic carbocycles. The first-order valence-corrected chi connectivity index (χ1v) is 6.53. The lowest BCUT2D eigenvalue weighted by atomic mass is 10.1. The summed E-state index contributed by atoms with van der Waals surface area (Å²) in [5, 5.41) is 0. The van der Waals surface area contributed by atoms with Crippen LogP contribution in [-0.4, -0.2) is 21.1 Å². The van der Waals surface area contributed by atoms with Crippen LogP contribution < -0.4 is 17.2 Å². The maximum atomic E-state index is 4.50. The molecule has 0 fully saturated rings. The second-order valence-corrected chi connectivity index (χ2v) is 3.61. The van der Waals surface area contributed by atoms with Crippen molar-refractivity contribution in [2.75, 3.05) is 21.1 Å². The molecule has 18 heavy (non-hydrogen) atoms. The van der Waals surface area contributed by atoms with Crippen LogP contribution in [0.4, 0.5) is 0 Å². The van der Waals surface area contributed by atoms with Crippen molar-refractivity contribution in [2.24, 2.45) is 17.2 Å². The van der Waals surface area contributed by atoms with Gasteiger partial charge in [0.1, 0.15) is 0 Å². The van der Waals surface area contributed by atoms with Crippen LogP contribution in [0.15, 0.2) is 34.9 Å². The van der Waals surface area contributed by atoms with Crippen LogP contribution in [0.1, 0.15) is 40.0 Å². The van der Waals surface area contributed by atoms with E-state index in [-0.39, 0.29) is 0 Å². The summed E-state index contributed by atoms with van der Waals surface area (Å²) in [5.74, 6) is 0. The first-order valence-electron chi connectivity index (χ1n) is 6.53. The second-order valence-electron chi connectivity index (χ2n) is 3.61. The van der Waals surface area contributed by atoms with Crippen LogP contribution in [0, 0.1) is 0 Å². The van der Waals surface area contributed by atoms with E-state index in [0.29, 0.717) is 0 Å². The molecule has 0 aromatic heterocycles. The van der Waals surface area contributed by atoms with Gasteiger partial charge in [-0.25, -0.2) is 0 Å². The quantitative estimate of drug-likeness (QED) is 0.725. The highest BCUT2D eigenvalue weighted by molar-refractivity contribution is 5.47. The van der Waals surface area contributed by atoms with Gasteiger partial charge in [0.05, 0.1) is 0 Å². The SMILES string of the molecule is CCCCC1=CC(=C(C)C)C=C1.CN.CN.CN. The molecule has 0 atom stereocenters. The molecule has 6 N–H and O–H groups in total. The zero-order valence-corrected chi connectivity index (χ0v) is 13.1. The first-order chi connectivity index (χ1) is 8.74. The van der Waals surface area contributed by atoms with Gasteiger partial charge in [-0.15, -0.1) is 0 Å². The van der Waals surface area contributed by atoms with E-state index < -0.39 is 0 Å². The molecule has 3 nitrogen and oxygen atoms in total. The monoisotopic (exact) mass is 255 g/mol.